The number of methoxy groups -OCH3 is 1. The molecule has 0 radical (unpaired) electrons. The fourth-order valence-corrected chi connectivity index (χ4v) is 4.41. The lowest BCUT2D eigenvalue weighted by Crippen LogP contribution is -2.35. The molecule has 3 N–H and O–H groups in total. The van der Waals surface area contributed by atoms with Crippen molar-refractivity contribution in [2.45, 2.75) is 26.1 Å². The minimum Gasteiger partial charge on any atom is -0.467 e. The lowest BCUT2D eigenvalue weighted by atomic mass is 10.0. The van der Waals surface area contributed by atoms with Crippen molar-refractivity contribution < 1.29 is 36.7 Å². The van der Waals surface area contributed by atoms with Gasteiger partial charge in [0, 0.05) is 28.7 Å². The third kappa shape index (κ3) is 8.19. The predicted octanol–water partition coefficient (Wildman–Crippen LogP) is 5.63. The summed E-state index contributed by atoms with van der Waals surface area (Å²) < 4.78 is 52.4. The van der Waals surface area contributed by atoms with Gasteiger partial charge in [-0.3, -0.25) is 14.6 Å². The summed E-state index contributed by atoms with van der Waals surface area (Å²) >= 11 is 0. The van der Waals surface area contributed by atoms with Gasteiger partial charge in [0.25, 0.3) is 6.20 Å². The number of amides is 3. The van der Waals surface area contributed by atoms with Gasteiger partial charge in [-0.2, -0.15) is 18.2 Å². The molecule has 3 aromatic carbocycles. The highest BCUT2D eigenvalue weighted by Gasteiger charge is 2.31. The molecule has 0 atom stereocenters. The summed E-state index contributed by atoms with van der Waals surface area (Å²) in [5, 5.41) is 11.1. The Bertz CT molecular complexity index is 1810. The lowest BCUT2D eigenvalue weighted by molar-refractivity contribution is -0.754. The van der Waals surface area contributed by atoms with E-state index >= 15 is 0 Å². The van der Waals surface area contributed by atoms with Crippen LogP contribution >= 0.6 is 0 Å². The minimum atomic E-state index is -4.72. The van der Waals surface area contributed by atoms with Crippen LogP contribution in [0.1, 0.15) is 22.4 Å². The summed E-state index contributed by atoms with van der Waals surface area (Å²) in [5.41, 5.74) is 2.75. The lowest BCUT2D eigenvalue weighted by Gasteiger charge is -2.14. The quantitative estimate of drug-likeness (QED) is 0.182. The van der Waals surface area contributed by atoms with Crippen molar-refractivity contribution in [2.24, 2.45) is 0 Å². The molecule has 5 rings (SSSR count). The van der Waals surface area contributed by atoms with E-state index in [4.69, 9.17) is 9.26 Å². The summed E-state index contributed by atoms with van der Waals surface area (Å²) in [5.74, 6) is -0.555. The van der Waals surface area contributed by atoms with Gasteiger partial charge in [0.1, 0.15) is 0 Å². The van der Waals surface area contributed by atoms with Crippen molar-refractivity contribution in [1.82, 2.24) is 15.2 Å². The first-order valence-electron chi connectivity index (χ1n) is 13.5. The van der Waals surface area contributed by atoms with Gasteiger partial charge in [-0.25, -0.2) is 9.78 Å². The topological polar surface area (TPSA) is 135 Å². The van der Waals surface area contributed by atoms with Crippen LogP contribution in [-0.4, -0.2) is 34.3 Å². The number of benzene rings is 3. The molecule has 0 aliphatic rings. The average Bonchev–Trinajstić information content (AvgIpc) is 3.43. The van der Waals surface area contributed by atoms with Crippen molar-refractivity contribution in [1.29, 1.82) is 0 Å². The molecule has 2 heterocycles. The molecule has 0 unspecified atom stereocenters. The van der Waals surface area contributed by atoms with Crippen LogP contribution < -0.4 is 25.4 Å². The summed E-state index contributed by atoms with van der Waals surface area (Å²) in [6, 6.07) is 18.5. The van der Waals surface area contributed by atoms with Crippen molar-refractivity contribution in [2.75, 3.05) is 23.1 Å². The van der Waals surface area contributed by atoms with Crippen LogP contribution in [0.5, 0.6) is 6.01 Å². The van der Waals surface area contributed by atoms with E-state index in [0.717, 1.165) is 34.5 Å². The average molecular weight is 619 g/mol. The van der Waals surface area contributed by atoms with Crippen molar-refractivity contribution in [3.63, 3.8) is 0 Å². The fourth-order valence-electron chi connectivity index (χ4n) is 4.41. The van der Waals surface area contributed by atoms with E-state index < -0.39 is 23.7 Å². The zero-order chi connectivity index (χ0) is 32.0. The summed E-state index contributed by atoms with van der Waals surface area (Å²) in [7, 11) is 1.50. The first-order valence-corrected chi connectivity index (χ1v) is 13.5. The number of anilines is 3. The second-order valence-corrected chi connectivity index (χ2v) is 9.90. The SMILES string of the molecule is COc1ncc(-c2ccc(C[n+]3cc(NC(=O)Nc4cc(NC(=O)Cc5ccccc5)cc(C(F)(F)F)c4)on3)cc2)c(C)n1. The fraction of sp³-hybridized carbons (Fsp3) is 0.161. The molecule has 14 heteroatoms. The molecule has 0 saturated heterocycles. The van der Waals surface area contributed by atoms with Gasteiger partial charge >= 0.3 is 24.1 Å². The van der Waals surface area contributed by atoms with Crippen LogP contribution in [0.25, 0.3) is 11.1 Å². The molecule has 0 saturated carbocycles. The molecule has 0 aliphatic heterocycles. The van der Waals surface area contributed by atoms with Gasteiger partial charge in [-0.05, 0) is 40.9 Å². The van der Waals surface area contributed by atoms with E-state index in [9.17, 15) is 22.8 Å². The van der Waals surface area contributed by atoms with Gasteiger partial charge in [0.15, 0.2) is 0 Å². The number of nitrogens with one attached hydrogen (secondary N) is 3. The number of urea groups is 1. The summed E-state index contributed by atoms with van der Waals surface area (Å²) in [6.45, 7) is 2.17. The zero-order valence-electron chi connectivity index (χ0n) is 24.1. The third-order valence-electron chi connectivity index (χ3n) is 6.51. The number of carbonyl (C=O) groups is 2. The van der Waals surface area contributed by atoms with Crippen LogP contribution in [0.2, 0.25) is 0 Å². The smallest absolute Gasteiger partial charge is 0.416 e. The molecular formula is C31H27F3N7O4+. The number of nitrogens with zero attached hydrogens (tertiary/aromatic N) is 4. The van der Waals surface area contributed by atoms with E-state index in [0.29, 0.717) is 12.1 Å². The maximum Gasteiger partial charge on any atom is 0.416 e. The van der Waals surface area contributed by atoms with Crippen LogP contribution in [0.3, 0.4) is 0 Å². The van der Waals surface area contributed by atoms with Crippen LogP contribution in [0.15, 0.2) is 89.7 Å². The van der Waals surface area contributed by atoms with Gasteiger partial charge in [-0.15, -0.1) is 0 Å². The Morgan fingerprint density at radius 2 is 1.64 bits per heavy atom. The molecule has 0 fully saturated rings. The number of hydrogen-bond acceptors (Lipinski definition) is 7. The molecule has 5 aromatic rings. The highest BCUT2D eigenvalue weighted by Crippen LogP contribution is 2.33. The number of halogens is 3. The maximum absolute atomic E-state index is 13.6. The largest absolute Gasteiger partial charge is 0.467 e. The molecular weight excluding hydrogens is 591 g/mol. The zero-order valence-corrected chi connectivity index (χ0v) is 24.1. The van der Waals surface area contributed by atoms with Gasteiger partial charge in [0.05, 0.1) is 24.8 Å². The molecule has 11 nitrogen and oxygen atoms in total. The molecule has 0 spiro atoms. The second kappa shape index (κ2) is 13.2. The number of hydrogen-bond donors (Lipinski definition) is 3. The second-order valence-electron chi connectivity index (χ2n) is 9.90. The number of ether oxygens (including phenoxy) is 1. The first-order chi connectivity index (χ1) is 21.6. The standard InChI is InChI=1S/C31H26F3N7O4/c1-19-26(16-35-30(36-19)44-2)22-10-8-21(9-11-22)17-41-18-28(45-40-41)39-29(43)38-25-14-23(31(32,33)34)13-24(15-25)37-27(42)12-20-6-4-3-5-7-20/h3-11,13-16,18H,12,17H2,1-2H3,(H2-,37,38,39,40,42,43)/p+1. The normalized spacial score (nSPS) is 11.1. The number of aromatic nitrogens is 4. The number of rotatable bonds is 9. The Hall–Kier alpha value is -5.79. The van der Waals surface area contributed by atoms with E-state index in [1.54, 1.807) is 36.5 Å². The van der Waals surface area contributed by atoms with Crippen LogP contribution in [0.4, 0.5) is 35.2 Å². The number of alkyl halides is 3. The van der Waals surface area contributed by atoms with E-state index in [1.165, 1.54) is 24.1 Å². The minimum absolute atomic E-state index is 0.0345. The summed E-state index contributed by atoms with van der Waals surface area (Å²) in [4.78, 5) is 33.5. The first kappa shape index (κ1) is 30.7. The highest BCUT2D eigenvalue weighted by atomic mass is 19.4. The Morgan fingerprint density at radius 1 is 0.933 bits per heavy atom. The van der Waals surface area contributed by atoms with Crippen LogP contribution in [0, 0.1) is 6.92 Å². The Morgan fingerprint density at radius 3 is 2.31 bits per heavy atom. The van der Waals surface area contributed by atoms with Crippen molar-refractivity contribution >= 4 is 29.2 Å². The van der Waals surface area contributed by atoms with Gasteiger partial charge in [-0.1, -0.05) is 54.6 Å². The molecule has 0 aliphatic carbocycles. The Balaban J connectivity index is 1.21. The summed E-state index contributed by atoms with van der Waals surface area (Å²) in [6.07, 6.45) is -1.64. The van der Waals surface area contributed by atoms with Gasteiger partial charge in [0.2, 0.25) is 17.7 Å². The number of carbonyl (C=O) groups excluding carboxylic acids is 2. The predicted molar refractivity (Wildman–Crippen MR) is 157 cm³/mol. The van der Waals surface area contributed by atoms with Gasteiger partial charge < -0.3 is 15.4 Å². The number of aryl methyl sites for hydroxylation is 1. The van der Waals surface area contributed by atoms with Crippen LogP contribution in [-0.2, 0) is 23.9 Å². The monoisotopic (exact) mass is 618 g/mol. The molecule has 3 amide bonds. The van der Waals surface area contributed by atoms with Crippen molar-refractivity contribution in [3.8, 4) is 17.1 Å². The maximum atomic E-state index is 13.6. The molecule has 230 valence electrons. The van der Waals surface area contributed by atoms with E-state index in [1.807, 2.05) is 31.2 Å². The van der Waals surface area contributed by atoms with E-state index in [2.05, 4.69) is 31.2 Å². The van der Waals surface area contributed by atoms with E-state index in [-0.39, 0.29) is 29.7 Å². The Kier molecular flexibility index (Phi) is 9.02. The molecule has 0 bridgehead atoms. The van der Waals surface area contributed by atoms with Crippen molar-refractivity contribution in [3.05, 3.63) is 108 Å². The Labute approximate surface area is 255 Å². The molecule has 2 aromatic heterocycles. The highest BCUT2D eigenvalue weighted by molar-refractivity contribution is 6.00. The molecule has 45 heavy (non-hydrogen) atoms. The third-order valence-corrected chi connectivity index (χ3v) is 6.51.